The molecule has 0 spiro atoms. The van der Waals surface area contributed by atoms with Crippen LogP contribution in [-0.2, 0) is 0 Å². The van der Waals surface area contributed by atoms with Crippen molar-refractivity contribution in [3.8, 4) is 0 Å². The quantitative estimate of drug-likeness (QED) is 0.786. The fraction of sp³-hybridized carbons (Fsp3) is 0.278. The van der Waals surface area contributed by atoms with Gasteiger partial charge >= 0.3 is 0 Å². The van der Waals surface area contributed by atoms with Crippen LogP contribution in [0.5, 0.6) is 0 Å². The standard InChI is InChI=1S/C18H19N7/c1-13-5-2-7-20-16(13)24-17-15(19-10-11-21-17)14-6-3-12-25(14)18-22-8-4-9-23-18/h2,4-5,7-11,14H,3,6,12H2,1H3,(H,20,21,24)/t14-/m1/s1. The molecular formula is C18H19N7. The van der Waals surface area contributed by atoms with Crippen LogP contribution in [0.25, 0.3) is 0 Å². The average Bonchev–Trinajstić information content (AvgIpc) is 3.14. The molecule has 1 aliphatic heterocycles. The van der Waals surface area contributed by atoms with Crippen LogP contribution in [0.1, 0.15) is 30.1 Å². The van der Waals surface area contributed by atoms with Crippen molar-refractivity contribution in [1.29, 1.82) is 0 Å². The van der Waals surface area contributed by atoms with Crippen molar-refractivity contribution in [3.05, 3.63) is 60.4 Å². The van der Waals surface area contributed by atoms with Gasteiger partial charge in [0.1, 0.15) is 11.5 Å². The first kappa shape index (κ1) is 15.4. The van der Waals surface area contributed by atoms with Crippen LogP contribution in [0.4, 0.5) is 17.6 Å². The predicted molar refractivity (Wildman–Crippen MR) is 95.6 cm³/mol. The number of nitrogens with zero attached hydrogens (tertiary/aromatic N) is 6. The van der Waals surface area contributed by atoms with E-state index < -0.39 is 0 Å². The van der Waals surface area contributed by atoms with Crippen LogP contribution in [0.2, 0.25) is 0 Å². The molecule has 3 aromatic rings. The molecule has 3 aromatic heterocycles. The van der Waals surface area contributed by atoms with Gasteiger partial charge in [0.25, 0.3) is 0 Å². The molecule has 1 atom stereocenters. The van der Waals surface area contributed by atoms with E-state index in [4.69, 9.17) is 0 Å². The fourth-order valence-corrected chi connectivity index (χ4v) is 3.15. The molecule has 1 aliphatic rings. The Morgan fingerprint density at radius 1 is 0.920 bits per heavy atom. The van der Waals surface area contributed by atoms with Gasteiger partial charge in [0.2, 0.25) is 5.95 Å². The Kier molecular flexibility index (Phi) is 4.20. The number of aryl methyl sites for hydroxylation is 1. The van der Waals surface area contributed by atoms with E-state index in [0.717, 1.165) is 48.2 Å². The van der Waals surface area contributed by atoms with Gasteiger partial charge in [-0.25, -0.2) is 19.9 Å². The van der Waals surface area contributed by atoms with Crippen molar-refractivity contribution in [3.63, 3.8) is 0 Å². The van der Waals surface area contributed by atoms with E-state index in [2.05, 4.69) is 35.1 Å². The molecule has 0 aromatic carbocycles. The molecule has 1 N–H and O–H groups in total. The molecule has 0 saturated carbocycles. The Morgan fingerprint density at radius 3 is 2.52 bits per heavy atom. The highest BCUT2D eigenvalue weighted by Gasteiger charge is 2.31. The number of nitrogens with one attached hydrogen (secondary N) is 1. The van der Waals surface area contributed by atoms with E-state index >= 15 is 0 Å². The van der Waals surface area contributed by atoms with Gasteiger partial charge in [0.15, 0.2) is 5.82 Å². The van der Waals surface area contributed by atoms with Gasteiger partial charge < -0.3 is 10.2 Å². The Hall–Kier alpha value is -3.09. The van der Waals surface area contributed by atoms with E-state index in [1.807, 2.05) is 25.1 Å². The SMILES string of the molecule is Cc1cccnc1Nc1nccnc1[C@H]1CCCN1c1ncccn1. The Labute approximate surface area is 146 Å². The fourth-order valence-electron chi connectivity index (χ4n) is 3.15. The third kappa shape index (κ3) is 3.13. The molecule has 0 unspecified atom stereocenters. The lowest BCUT2D eigenvalue weighted by Crippen LogP contribution is -2.26. The van der Waals surface area contributed by atoms with E-state index in [-0.39, 0.29) is 6.04 Å². The number of aromatic nitrogens is 5. The predicted octanol–water partition coefficient (Wildman–Crippen LogP) is 3.06. The van der Waals surface area contributed by atoms with Gasteiger partial charge in [0, 0.05) is 37.5 Å². The molecule has 1 saturated heterocycles. The molecule has 0 amide bonds. The Bertz CT molecular complexity index is 853. The maximum atomic E-state index is 4.61. The second-order valence-electron chi connectivity index (χ2n) is 5.98. The first-order chi connectivity index (χ1) is 12.3. The molecular weight excluding hydrogens is 314 g/mol. The lowest BCUT2D eigenvalue weighted by Gasteiger charge is -2.25. The summed E-state index contributed by atoms with van der Waals surface area (Å²) in [6, 6.07) is 5.87. The summed E-state index contributed by atoms with van der Waals surface area (Å²) in [7, 11) is 0. The van der Waals surface area contributed by atoms with Crippen LogP contribution in [0.3, 0.4) is 0 Å². The maximum absolute atomic E-state index is 4.61. The van der Waals surface area contributed by atoms with Gasteiger partial charge in [-0.15, -0.1) is 0 Å². The minimum Gasteiger partial charge on any atom is -0.332 e. The molecule has 25 heavy (non-hydrogen) atoms. The zero-order valence-corrected chi connectivity index (χ0v) is 14.0. The van der Waals surface area contributed by atoms with Gasteiger partial charge in [0.05, 0.1) is 6.04 Å². The van der Waals surface area contributed by atoms with Crippen LogP contribution >= 0.6 is 0 Å². The first-order valence-corrected chi connectivity index (χ1v) is 8.36. The van der Waals surface area contributed by atoms with Crippen molar-refractivity contribution in [2.45, 2.75) is 25.8 Å². The normalized spacial score (nSPS) is 16.8. The summed E-state index contributed by atoms with van der Waals surface area (Å²) >= 11 is 0. The molecule has 126 valence electrons. The molecule has 1 fully saturated rings. The first-order valence-electron chi connectivity index (χ1n) is 8.36. The molecule has 0 aliphatic carbocycles. The minimum atomic E-state index is 0.0996. The molecule has 4 rings (SSSR count). The number of hydrogen-bond acceptors (Lipinski definition) is 7. The summed E-state index contributed by atoms with van der Waals surface area (Å²) in [5.74, 6) is 2.26. The highest BCUT2D eigenvalue weighted by molar-refractivity contribution is 5.59. The highest BCUT2D eigenvalue weighted by Crippen LogP contribution is 2.36. The van der Waals surface area contributed by atoms with E-state index in [1.54, 1.807) is 31.0 Å². The molecule has 0 bridgehead atoms. The number of hydrogen-bond donors (Lipinski definition) is 1. The number of anilines is 3. The van der Waals surface area contributed by atoms with Gasteiger partial charge in [-0.05, 0) is 37.5 Å². The molecule has 0 radical (unpaired) electrons. The topological polar surface area (TPSA) is 79.7 Å². The smallest absolute Gasteiger partial charge is 0.225 e. The zero-order valence-electron chi connectivity index (χ0n) is 14.0. The summed E-state index contributed by atoms with van der Waals surface area (Å²) in [6.45, 7) is 2.93. The van der Waals surface area contributed by atoms with Crippen molar-refractivity contribution in [2.24, 2.45) is 0 Å². The number of rotatable bonds is 4. The van der Waals surface area contributed by atoms with Crippen molar-refractivity contribution >= 4 is 17.6 Å². The second kappa shape index (κ2) is 6.80. The minimum absolute atomic E-state index is 0.0996. The van der Waals surface area contributed by atoms with Crippen LogP contribution in [0.15, 0.2) is 49.2 Å². The lowest BCUT2D eigenvalue weighted by molar-refractivity contribution is 0.677. The third-order valence-electron chi connectivity index (χ3n) is 4.35. The van der Waals surface area contributed by atoms with E-state index in [0.29, 0.717) is 0 Å². The molecule has 7 nitrogen and oxygen atoms in total. The zero-order chi connectivity index (χ0) is 17.1. The molecule has 4 heterocycles. The summed E-state index contributed by atoms with van der Waals surface area (Å²) in [5, 5.41) is 3.34. The Morgan fingerprint density at radius 2 is 1.68 bits per heavy atom. The number of pyridine rings is 1. The maximum Gasteiger partial charge on any atom is 0.225 e. The summed E-state index contributed by atoms with van der Waals surface area (Å²) < 4.78 is 0. The van der Waals surface area contributed by atoms with Gasteiger partial charge in [-0.3, -0.25) is 4.98 Å². The van der Waals surface area contributed by atoms with Crippen LogP contribution < -0.4 is 10.2 Å². The monoisotopic (exact) mass is 333 g/mol. The van der Waals surface area contributed by atoms with Gasteiger partial charge in [-0.1, -0.05) is 6.07 Å². The van der Waals surface area contributed by atoms with Gasteiger partial charge in [-0.2, -0.15) is 0 Å². The lowest BCUT2D eigenvalue weighted by atomic mass is 10.1. The average molecular weight is 333 g/mol. The van der Waals surface area contributed by atoms with Crippen molar-refractivity contribution in [2.75, 3.05) is 16.8 Å². The summed E-state index contributed by atoms with van der Waals surface area (Å²) in [5.41, 5.74) is 1.96. The third-order valence-corrected chi connectivity index (χ3v) is 4.35. The highest BCUT2D eigenvalue weighted by atomic mass is 15.3. The summed E-state index contributed by atoms with van der Waals surface area (Å²) in [6.07, 6.45) is 10.8. The Balaban J connectivity index is 1.68. The van der Waals surface area contributed by atoms with Crippen LogP contribution in [-0.4, -0.2) is 31.5 Å². The largest absolute Gasteiger partial charge is 0.332 e. The van der Waals surface area contributed by atoms with Crippen LogP contribution in [0, 0.1) is 6.92 Å². The van der Waals surface area contributed by atoms with E-state index in [1.165, 1.54) is 0 Å². The molecule has 7 heteroatoms. The van der Waals surface area contributed by atoms with Crippen molar-refractivity contribution < 1.29 is 0 Å². The van der Waals surface area contributed by atoms with Crippen molar-refractivity contribution in [1.82, 2.24) is 24.9 Å². The second-order valence-corrected chi connectivity index (χ2v) is 5.98. The van der Waals surface area contributed by atoms with E-state index in [9.17, 15) is 0 Å². The summed E-state index contributed by atoms with van der Waals surface area (Å²) in [4.78, 5) is 24.5.